The number of aldehydes is 1. The zero-order valence-corrected chi connectivity index (χ0v) is 9.36. The van der Waals surface area contributed by atoms with Crippen molar-refractivity contribution in [2.24, 2.45) is 11.8 Å². The minimum absolute atomic E-state index is 0.540. The molecule has 1 nitrogen and oxygen atoms in total. The number of hydrogen-bond acceptors (Lipinski definition) is 1. The number of carbonyl (C=O) groups is 1. The van der Waals surface area contributed by atoms with Crippen molar-refractivity contribution in [3.05, 3.63) is 41.5 Å². The van der Waals surface area contributed by atoms with Gasteiger partial charge in [0.15, 0.2) is 0 Å². The Balaban J connectivity index is 2.13. The Morgan fingerprint density at radius 3 is 2.19 bits per heavy atom. The highest BCUT2D eigenvalue weighted by Gasteiger charge is 2.35. The largest absolute Gasteiger partial charge is 0.298 e. The number of rotatable bonds is 2. The second kappa shape index (κ2) is 3.89. The van der Waals surface area contributed by atoms with Gasteiger partial charge in [0.2, 0.25) is 0 Å². The van der Waals surface area contributed by atoms with Gasteiger partial charge >= 0.3 is 0 Å². The van der Waals surface area contributed by atoms with Crippen LogP contribution in [0.1, 0.15) is 31.2 Å². The zero-order chi connectivity index (χ0) is 11.0. The minimum atomic E-state index is 0.540. The van der Waals surface area contributed by atoms with Crippen molar-refractivity contribution >= 4 is 11.9 Å². The molecule has 0 heterocycles. The third-order valence-electron chi connectivity index (χ3n) is 4.10. The van der Waals surface area contributed by atoms with Gasteiger partial charge in [0, 0.05) is 0 Å². The lowest BCUT2D eigenvalue weighted by atomic mass is 9.66. The molecule has 82 valence electrons. The summed E-state index contributed by atoms with van der Waals surface area (Å²) in [5.41, 5.74) is 3.70. The molecule has 16 heavy (non-hydrogen) atoms. The van der Waals surface area contributed by atoms with Crippen LogP contribution in [0.5, 0.6) is 0 Å². The Labute approximate surface area is 96.2 Å². The van der Waals surface area contributed by atoms with Crippen molar-refractivity contribution in [3.8, 4) is 0 Å². The van der Waals surface area contributed by atoms with Crippen molar-refractivity contribution in [2.75, 3.05) is 0 Å². The van der Waals surface area contributed by atoms with E-state index in [2.05, 4.69) is 24.3 Å². The maximum absolute atomic E-state index is 11.3. The SMILES string of the molecule is O=CC1=C(c2ccccc2)C2CCC1CC2. The van der Waals surface area contributed by atoms with Crippen molar-refractivity contribution in [2.45, 2.75) is 25.7 Å². The van der Waals surface area contributed by atoms with Crippen LogP contribution in [0.3, 0.4) is 0 Å². The van der Waals surface area contributed by atoms with Gasteiger partial charge in [-0.05, 0) is 54.2 Å². The van der Waals surface area contributed by atoms with Gasteiger partial charge in [0.05, 0.1) is 0 Å². The molecule has 0 radical (unpaired) electrons. The maximum Gasteiger partial charge on any atom is 0.146 e. The fourth-order valence-electron chi connectivity index (χ4n) is 3.33. The second-order valence-electron chi connectivity index (χ2n) is 4.90. The molecule has 1 saturated carbocycles. The van der Waals surface area contributed by atoms with E-state index in [1.165, 1.54) is 36.8 Å². The maximum atomic E-state index is 11.3. The lowest BCUT2D eigenvalue weighted by Gasteiger charge is -2.38. The van der Waals surface area contributed by atoms with Crippen LogP contribution < -0.4 is 0 Å². The van der Waals surface area contributed by atoms with Gasteiger partial charge in [-0.25, -0.2) is 0 Å². The summed E-state index contributed by atoms with van der Waals surface area (Å²) in [4.78, 5) is 11.3. The molecule has 1 heteroatoms. The molecule has 0 N–H and O–H groups in total. The number of benzene rings is 1. The fourth-order valence-corrected chi connectivity index (χ4v) is 3.33. The van der Waals surface area contributed by atoms with Gasteiger partial charge in [0.25, 0.3) is 0 Å². The molecule has 2 bridgehead atoms. The molecule has 0 aromatic heterocycles. The Hall–Kier alpha value is -1.37. The van der Waals surface area contributed by atoms with Crippen molar-refractivity contribution in [1.29, 1.82) is 0 Å². The van der Waals surface area contributed by atoms with Crippen LogP contribution in [0.4, 0.5) is 0 Å². The summed E-state index contributed by atoms with van der Waals surface area (Å²) in [7, 11) is 0. The lowest BCUT2D eigenvalue weighted by molar-refractivity contribution is -0.105. The van der Waals surface area contributed by atoms with Gasteiger partial charge in [-0.3, -0.25) is 4.79 Å². The van der Waals surface area contributed by atoms with Gasteiger partial charge in [-0.2, -0.15) is 0 Å². The van der Waals surface area contributed by atoms with Crippen LogP contribution in [0.2, 0.25) is 0 Å². The zero-order valence-electron chi connectivity index (χ0n) is 9.36. The third kappa shape index (κ3) is 1.42. The molecule has 0 spiro atoms. The molecule has 0 saturated heterocycles. The van der Waals surface area contributed by atoms with Crippen molar-refractivity contribution < 1.29 is 4.79 Å². The summed E-state index contributed by atoms with van der Waals surface area (Å²) in [6, 6.07) is 10.4. The van der Waals surface area contributed by atoms with Gasteiger partial charge in [-0.15, -0.1) is 0 Å². The molecule has 0 amide bonds. The van der Waals surface area contributed by atoms with E-state index in [4.69, 9.17) is 0 Å². The smallest absolute Gasteiger partial charge is 0.146 e. The van der Waals surface area contributed by atoms with E-state index in [9.17, 15) is 4.79 Å². The molecule has 1 aromatic rings. The summed E-state index contributed by atoms with van der Waals surface area (Å²) in [6.07, 6.45) is 6.08. The topological polar surface area (TPSA) is 17.1 Å². The Morgan fingerprint density at radius 1 is 0.938 bits per heavy atom. The quantitative estimate of drug-likeness (QED) is 0.686. The number of allylic oxidation sites excluding steroid dienone is 2. The summed E-state index contributed by atoms with van der Waals surface area (Å²) >= 11 is 0. The standard InChI is InChI=1S/C15H16O/c16-10-14-11-6-8-13(9-7-11)15(14)12-4-2-1-3-5-12/h1-5,10-11,13H,6-9H2. The second-order valence-corrected chi connectivity index (χ2v) is 4.90. The molecule has 3 aliphatic rings. The summed E-state index contributed by atoms with van der Waals surface area (Å²) < 4.78 is 0. The highest BCUT2D eigenvalue weighted by atomic mass is 16.1. The van der Waals surface area contributed by atoms with E-state index in [0.717, 1.165) is 11.9 Å². The average molecular weight is 212 g/mol. The predicted molar refractivity (Wildman–Crippen MR) is 64.9 cm³/mol. The lowest BCUT2D eigenvalue weighted by Crippen LogP contribution is -2.26. The normalized spacial score (nSPS) is 28.2. The molecule has 0 atom stereocenters. The first-order valence-corrected chi connectivity index (χ1v) is 6.15. The first-order chi connectivity index (χ1) is 7.90. The molecular weight excluding hydrogens is 196 g/mol. The highest BCUT2D eigenvalue weighted by molar-refractivity contribution is 5.90. The Bertz CT molecular complexity index is 422. The van der Waals surface area contributed by atoms with E-state index < -0.39 is 0 Å². The Morgan fingerprint density at radius 2 is 1.56 bits per heavy atom. The molecule has 1 aromatic carbocycles. The van der Waals surface area contributed by atoms with Crippen LogP contribution in [-0.4, -0.2) is 6.29 Å². The number of hydrogen-bond donors (Lipinski definition) is 0. The summed E-state index contributed by atoms with van der Waals surface area (Å²) in [5, 5.41) is 0. The monoisotopic (exact) mass is 212 g/mol. The number of fused-ring (bicyclic) bond motifs is 2. The third-order valence-corrected chi connectivity index (χ3v) is 4.10. The van der Waals surface area contributed by atoms with Crippen LogP contribution in [0, 0.1) is 11.8 Å². The minimum Gasteiger partial charge on any atom is -0.298 e. The van der Waals surface area contributed by atoms with Crippen molar-refractivity contribution in [3.63, 3.8) is 0 Å². The van der Waals surface area contributed by atoms with Crippen LogP contribution in [0.25, 0.3) is 5.57 Å². The van der Waals surface area contributed by atoms with Gasteiger partial charge in [0.1, 0.15) is 6.29 Å². The molecule has 3 aliphatic carbocycles. The summed E-state index contributed by atoms with van der Waals surface area (Å²) in [6.45, 7) is 0. The first-order valence-electron chi connectivity index (χ1n) is 6.15. The van der Waals surface area contributed by atoms with E-state index in [-0.39, 0.29) is 0 Å². The van der Waals surface area contributed by atoms with Gasteiger partial charge in [-0.1, -0.05) is 30.3 Å². The van der Waals surface area contributed by atoms with Crippen LogP contribution in [0.15, 0.2) is 35.9 Å². The first kappa shape index (κ1) is 9.83. The number of carbonyl (C=O) groups excluding carboxylic acids is 1. The molecule has 1 fully saturated rings. The van der Waals surface area contributed by atoms with E-state index >= 15 is 0 Å². The van der Waals surface area contributed by atoms with E-state index in [0.29, 0.717) is 11.8 Å². The summed E-state index contributed by atoms with van der Waals surface area (Å²) in [5.74, 6) is 1.17. The Kier molecular flexibility index (Phi) is 2.39. The van der Waals surface area contributed by atoms with E-state index in [1.807, 2.05) is 6.07 Å². The highest BCUT2D eigenvalue weighted by Crippen LogP contribution is 2.48. The van der Waals surface area contributed by atoms with Crippen molar-refractivity contribution in [1.82, 2.24) is 0 Å². The van der Waals surface area contributed by atoms with Gasteiger partial charge < -0.3 is 0 Å². The molecular formula is C15H16O. The fraction of sp³-hybridized carbons (Fsp3) is 0.400. The van der Waals surface area contributed by atoms with E-state index in [1.54, 1.807) is 0 Å². The van der Waals surface area contributed by atoms with Crippen LogP contribution in [-0.2, 0) is 4.79 Å². The predicted octanol–water partition coefficient (Wildman–Crippen LogP) is 3.46. The molecule has 0 aliphatic heterocycles. The average Bonchev–Trinajstić information content (AvgIpc) is 2.40. The molecule has 0 unspecified atom stereocenters. The van der Waals surface area contributed by atoms with Crippen LogP contribution >= 0.6 is 0 Å². The molecule has 4 rings (SSSR count).